The van der Waals surface area contributed by atoms with Gasteiger partial charge in [-0.05, 0) is 34.1 Å². The Balaban J connectivity index is 1.87. The van der Waals surface area contributed by atoms with Crippen molar-refractivity contribution in [2.24, 2.45) is 5.10 Å². The molecule has 9 heteroatoms. The summed E-state index contributed by atoms with van der Waals surface area (Å²) >= 11 is 3.39. The van der Waals surface area contributed by atoms with Gasteiger partial charge in [-0.25, -0.2) is 5.43 Å². The number of halogens is 1. The van der Waals surface area contributed by atoms with Crippen molar-refractivity contribution in [1.82, 2.24) is 5.43 Å². The maximum atomic E-state index is 12.0. The highest BCUT2D eigenvalue weighted by atomic mass is 79.9. The molecule has 0 fully saturated rings. The van der Waals surface area contributed by atoms with E-state index in [1.807, 2.05) is 0 Å². The molecule has 2 amide bonds. The SMILES string of the molecule is COc1cc(OC)c(C=NNC(=O)CCC(=O)Nc2ccccc2OC)cc1Br. The van der Waals surface area contributed by atoms with E-state index in [4.69, 9.17) is 14.2 Å². The van der Waals surface area contributed by atoms with Crippen molar-refractivity contribution >= 4 is 39.6 Å². The molecule has 0 aliphatic heterocycles. The monoisotopic (exact) mass is 463 g/mol. The predicted molar refractivity (Wildman–Crippen MR) is 114 cm³/mol. The second-order valence-electron chi connectivity index (χ2n) is 5.77. The molecule has 0 saturated heterocycles. The average molecular weight is 464 g/mol. The van der Waals surface area contributed by atoms with Crippen LogP contribution in [0.25, 0.3) is 0 Å². The van der Waals surface area contributed by atoms with E-state index in [1.165, 1.54) is 20.4 Å². The van der Waals surface area contributed by atoms with Crippen LogP contribution in [0, 0.1) is 0 Å². The summed E-state index contributed by atoms with van der Waals surface area (Å²) in [4.78, 5) is 24.0. The van der Waals surface area contributed by atoms with Crippen LogP contribution in [0.5, 0.6) is 17.2 Å². The molecule has 154 valence electrons. The summed E-state index contributed by atoms with van der Waals surface area (Å²) in [6.07, 6.45) is 1.45. The summed E-state index contributed by atoms with van der Waals surface area (Å²) in [5.74, 6) is 1.02. The number of benzene rings is 2. The molecule has 0 aliphatic carbocycles. The number of methoxy groups -OCH3 is 3. The number of hydrazone groups is 1. The summed E-state index contributed by atoms with van der Waals surface area (Å²) < 4.78 is 16.4. The molecule has 2 aromatic carbocycles. The van der Waals surface area contributed by atoms with Gasteiger partial charge in [0.2, 0.25) is 11.8 Å². The van der Waals surface area contributed by atoms with Crippen molar-refractivity contribution in [3.63, 3.8) is 0 Å². The van der Waals surface area contributed by atoms with Crippen LogP contribution in [0.15, 0.2) is 46.0 Å². The Morgan fingerprint density at radius 1 is 0.966 bits per heavy atom. The highest BCUT2D eigenvalue weighted by molar-refractivity contribution is 9.10. The molecule has 0 radical (unpaired) electrons. The normalized spacial score (nSPS) is 10.5. The van der Waals surface area contributed by atoms with E-state index in [9.17, 15) is 9.59 Å². The van der Waals surface area contributed by atoms with Gasteiger partial charge in [0.05, 0.1) is 37.7 Å². The first-order chi connectivity index (χ1) is 14.0. The number of para-hydroxylation sites is 2. The zero-order chi connectivity index (χ0) is 21.2. The first-order valence-electron chi connectivity index (χ1n) is 8.64. The summed E-state index contributed by atoms with van der Waals surface area (Å²) in [7, 11) is 4.60. The lowest BCUT2D eigenvalue weighted by Crippen LogP contribution is -2.20. The van der Waals surface area contributed by atoms with E-state index >= 15 is 0 Å². The molecule has 0 unspecified atom stereocenters. The Morgan fingerprint density at radius 2 is 1.62 bits per heavy atom. The zero-order valence-corrected chi connectivity index (χ0v) is 17.9. The highest BCUT2D eigenvalue weighted by Gasteiger charge is 2.10. The van der Waals surface area contributed by atoms with Crippen LogP contribution < -0.4 is 25.0 Å². The van der Waals surface area contributed by atoms with Gasteiger partial charge in [-0.15, -0.1) is 0 Å². The molecule has 2 rings (SSSR count). The summed E-state index contributed by atoms with van der Waals surface area (Å²) in [5, 5.41) is 6.63. The van der Waals surface area contributed by atoms with Crippen molar-refractivity contribution in [3.05, 3.63) is 46.4 Å². The highest BCUT2D eigenvalue weighted by Crippen LogP contribution is 2.31. The third kappa shape index (κ3) is 6.49. The van der Waals surface area contributed by atoms with Crippen molar-refractivity contribution in [2.75, 3.05) is 26.6 Å². The molecule has 8 nitrogen and oxygen atoms in total. The number of hydrogen-bond donors (Lipinski definition) is 2. The number of hydrogen-bond acceptors (Lipinski definition) is 6. The molecule has 0 atom stereocenters. The third-order valence-electron chi connectivity index (χ3n) is 3.86. The predicted octanol–water partition coefficient (Wildman–Crippen LogP) is 3.34. The van der Waals surface area contributed by atoms with E-state index in [2.05, 4.69) is 31.8 Å². The Bertz CT molecular complexity index is 902. The minimum Gasteiger partial charge on any atom is -0.496 e. The average Bonchev–Trinajstić information content (AvgIpc) is 2.73. The second-order valence-corrected chi connectivity index (χ2v) is 6.62. The van der Waals surface area contributed by atoms with Crippen molar-refractivity contribution in [1.29, 1.82) is 0 Å². The standard InChI is InChI=1S/C20H22BrN3O5/c1-27-16-7-5-4-6-15(16)23-19(25)8-9-20(26)24-22-12-13-10-14(21)18(29-3)11-17(13)28-2/h4-7,10-12H,8-9H2,1-3H3,(H,23,25)(H,24,26). The first kappa shape index (κ1) is 22.2. The van der Waals surface area contributed by atoms with Gasteiger partial charge in [0, 0.05) is 24.5 Å². The molecule has 0 saturated carbocycles. The van der Waals surface area contributed by atoms with E-state index in [-0.39, 0.29) is 24.7 Å². The number of anilines is 1. The summed E-state index contributed by atoms with van der Waals surface area (Å²) in [6.45, 7) is 0. The third-order valence-corrected chi connectivity index (χ3v) is 4.48. The van der Waals surface area contributed by atoms with Gasteiger partial charge in [-0.1, -0.05) is 12.1 Å². The molecule has 2 N–H and O–H groups in total. The Labute approximate surface area is 177 Å². The largest absolute Gasteiger partial charge is 0.496 e. The van der Waals surface area contributed by atoms with Gasteiger partial charge in [0.25, 0.3) is 0 Å². The van der Waals surface area contributed by atoms with Gasteiger partial charge in [-0.2, -0.15) is 5.10 Å². The van der Waals surface area contributed by atoms with Crippen LogP contribution >= 0.6 is 15.9 Å². The van der Waals surface area contributed by atoms with Crippen LogP contribution in [0.2, 0.25) is 0 Å². The number of amides is 2. The van der Waals surface area contributed by atoms with Crippen LogP contribution in [-0.2, 0) is 9.59 Å². The molecule has 0 aromatic heterocycles. The van der Waals surface area contributed by atoms with Crippen LogP contribution in [0.1, 0.15) is 18.4 Å². The second kappa shape index (κ2) is 11.1. The van der Waals surface area contributed by atoms with E-state index in [0.29, 0.717) is 28.5 Å². The molecular weight excluding hydrogens is 442 g/mol. The molecule has 29 heavy (non-hydrogen) atoms. The Kier molecular flexibility index (Phi) is 8.47. The summed E-state index contributed by atoms with van der Waals surface area (Å²) in [6, 6.07) is 10.5. The van der Waals surface area contributed by atoms with Gasteiger partial charge in [0.1, 0.15) is 17.2 Å². The number of nitrogens with zero attached hydrogens (tertiary/aromatic N) is 1. The van der Waals surface area contributed by atoms with Crippen LogP contribution in [-0.4, -0.2) is 39.4 Å². The fraction of sp³-hybridized carbons (Fsp3) is 0.250. The van der Waals surface area contributed by atoms with Gasteiger partial charge in [0.15, 0.2) is 0 Å². The maximum Gasteiger partial charge on any atom is 0.240 e. The smallest absolute Gasteiger partial charge is 0.240 e. The number of carbonyl (C=O) groups is 2. The van der Waals surface area contributed by atoms with Crippen molar-refractivity contribution < 1.29 is 23.8 Å². The molecule has 2 aromatic rings. The van der Waals surface area contributed by atoms with E-state index in [1.54, 1.807) is 43.5 Å². The first-order valence-corrected chi connectivity index (χ1v) is 9.44. The maximum absolute atomic E-state index is 12.0. The zero-order valence-electron chi connectivity index (χ0n) is 16.3. The Hall–Kier alpha value is -3.07. The van der Waals surface area contributed by atoms with Crippen molar-refractivity contribution in [3.8, 4) is 17.2 Å². The number of ether oxygens (including phenoxy) is 3. The van der Waals surface area contributed by atoms with E-state index < -0.39 is 0 Å². The molecular formula is C20H22BrN3O5. The molecule has 0 spiro atoms. The molecule has 0 heterocycles. The summed E-state index contributed by atoms with van der Waals surface area (Å²) in [5.41, 5.74) is 3.60. The van der Waals surface area contributed by atoms with Crippen molar-refractivity contribution in [2.45, 2.75) is 12.8 Å². The fourth-order valence-electron chi connectivity index (χ4n) is 2.40. The minimum atomic E-state index is -0.386. The van der Waals surface area contributed by atoms with Gasteiger partial charge >= 0.3 is 0 Å². The quantitative estimate of drug-likeness (QED) is 0.438. The van der Waals surface area contributed by atoms with Gasteiger partial charge in [-0.3, -0.25) is 9.59 Å². The number of carbonyl (C=O) groups excluding carboxylic acids is 2. The molecule has 0 bridgehead atoms. The Morgan fingerprint density at radius 3 is 2.31 bits per heavy atom. The number of nitrogens with one attached hydrogen (secondary N) is 2. The van der Waals surface area contributed by atoms with Crippen LogP contribution in [0.3, 0.4) is 0 Å². The molecule has 0 aliphatic rings. The van der Waals surface area contributed by atoms with Gasteiger partial charge < -0.3 is 19.5 Å². The number of rotatable bonds is 9. The topological polar surface area (TPSA) is 98.3 Å². The minimum absolute atomic E-state index is 0.0107. The van der Waals surface area contributed by atoms with Crippen LogP contribution in [0.4, 0.5) is 5.69 Å². The van der Waals surface area contributed by atoms with E-state index in [0.717, 1.165) is 4.47 Å². The lowest BCUT2D eigenvalue weighted by Gasteiger charge is -2.10. The lowest BCUT2D eigenvalue weighted by molar-refractivity contribution is -0.124. The lowest BCUT2D eigenvalue weighted by atomic mass is 10.2. The fourth-order valence-corrected chi connectivity index (χ4v) is 2.92.